The van der Waals surface area contributed by atoms with Crippen LogP contribution in [0.3, 0.4) is 0 Å². The molecule has 2 heterocycles. The molecule has 9 heteroatoms. The number of para-hydroxylation sites is 1. The molecule has 0 saturated carbocycles. The number of nitrogens with zero attached hydrogens (tertiary/aromatic N) is 1. The van der Waals surface area contributed by atoms with Crippen LogP contribution in [-0.2, 0) is 20.1 Å². The number of unbranched alkanes of at least 4 members (excludes halogenated alkanes) is 4. The fourth-order valence-corrected chi connectivity index (χ4v) is 6.57. The Hall–Kier alpha value is -5.63. The SMILES string of the molecule is CCCCOc1ccc(C(=O)/C=C(\O)c2ccc(OCCCC)c(OCCCC)c2)cc1OCCCC.[Ir].[c-]1ccc2c(oc3ccccc32)c1-c1nccc2ccccc12. The van der Waals surface area contributed by atoms with E-state index in [1.807, 2.05) is 48.7 Å². The molecule has 1 radical (unpaired) electrons. The number of ether oxygens (including phenoxy) is 4. The minimum Gasteiger partial charge on any atom is -0.507 e. The molecule has 0 fully saturated rings. The molecule has 0 amide bonds. The molecule has 5 aromatic carbocycles. The number of ketones is 1. The molecule has 8 nitrogen and oxygen atoms in total. The van der Waals surface area contributed by atoms with Crippen LogP contribution in [0.25, 0.3) is 49.7 Å². The standard InChI is InChI=1S/C31H44O6.C21H12NO.Ir/c1-5-9-17-34-28-15-13-24(21-30(28)36-19-11-7-3)26(32)23-27(33)25-14-16-29(35-18-10-6-2)31(22-25)37-20-12-8-4;1-2-7-15-14(6-1)12-13-22-20(15)18-10-5-9-17-16-8-3-4-11-19(16)23-21(17)18;/h13-16,21-23,32H,5-12,17-20H2,1-4H3;1-9,11-13H;/q;-1;/b26-23-;;. The first kappa shape index (κ1) is 46.4. The molecule has 1 N–H and O–H groups in total. The Labute approximate surface area is 373 Å². The van der Waals surface area contributed by atoms with Crippen LogP contribution in [0.15, 0.2) is 120 Å². The zero-order valence-corrected chi connectivity index (χ0v) is 38.0. The number of aromatic nitrogens is 1. The maximum absolute atomic E-state index is 13.0. The van der Waals surface area contributed by atoms with E-state index in [0.717, 1.165) is 89.9 Å². The molecule has 2 aromatic heterocycles. The van der Waals surface area contributed by atoms with E-state index in [-0.39, 0.29) is 31.6 Å². The van der Waals surface area contributed by atoms with E-state index < -0.39 is 0 Å². The summed E-state index contributed by atoms with van der Waals surface area (Å²) in [6, 6.07) is 36.1. The van der Waals surface area contributed by atoms with Gasteiger partial charge in [0.2, 0.25) is 0 Å². The molecule has 0 aliphatic heterocycles. The van der Waals surface area contributed by atoms with Gasteiger partial charge >= 0.3 is 0 Å². The minimum absolute atomic E-state index is 0. The molecule has 61 heavy (non-hydrogen) atoms. The zero-order chi connectivity index (χ0) is 42.1. The number of benzene rings is 5. The van der Waals surface area contributed by atoms with Crippen LogP contribution in [0, 0.1) is 6.07 Å². The number of carbonyl (C=O) groups is 1. The van der Waals surface area contributed by atoms with E-state index in [2.05, 4.69) is 63.0 Å². The maximum atomic E-state index is 13.0. The minimum atomic E-state index is -0.324. The second kappa shape index (κ2) is 24.0. The van der Waals surface area contributed by atoms with E-state index >= 15 is 0 Å². The Balaban J connectivity index is 0.000000249. The number of aliphatic hydroxyl groups is 1. The summed E-state index contributed by atoms with van der Waals surface area (Å²) in [7, 11) is 0. The number of hydrogen-bond acceptors (Lipinski definition) is 8. The summed E-state index contributed by atoms with van der Waals surface area (Å²) in [5.41, 5.74) is 4.46. The van der Waals surface area contributed by atoms with Gasteiger partial charge in [-0.3, -0.25) is 4.79 Å². The van der Waals surface area contributed by atoms with E-state index in [1.54, 1.807) is 36.4 Å². The summed E-state index contributed by atoms with van der Waals surface area (Å²) in [5, 5.41) is 15.3. The van der Waals surface area contributed by atoms with Gasteiger partial charge in [-0.05, 0) is 90.7 Å². The predicted molar refractivity (Wildman–Crippen MR) is 243 cm³/mol. The van der Waals surface area contributed by atoms with E-state index in [4.69, 9.17) is 23.4 Å². The molecule has 0 aliphatic carbocycles. The monoisotopic (exact) mass is 999 g/mol. The van der Waals surface area contributed by atoms with Gasteiger partial charge in [0, 0.05) is 48.9 Å². The molecule has 0 unspecified atom stereocenters. The van der Waals surface area contributed by atoms with Crippen molar-refractivity contribution in [3.8, 4) is 34.3 Å². The van der Waals surface area contributed by atoms with Gasteiger partial charge in [0.15, 0.2) is 28.8 Å². The van der Waals surface area contributed by atoms with Crippen molar-refractivity contribution < 1.29 is 53.4 Å². The van der Waals surface area contributed by atoms with Gasteiger partial charge in [-0.25, -0.2) is 0 Å². The Morgan fingerprint density at radius 1 is 0.639 bits per heavy atom. The van der Waals surface area contributed by atoms with Crippen LogP contribution in [0.4, 0.5) is 0 Å². The molecule has 0 bridgehead atoms. The second-order valence-electron chi connectivity index (χ2n) is 14.6. The number of carbonyl (C=O) groups excluding carboxylic acids is 1. The van der Waals surface area contributed by atoms with Gasteiger partial charge in [0.1, 0.15) is 11.3 Å². The summed E-state index contributed by atoms with van der Waals surface area (Å²) >= 11 is 0. The normalized spacial score (nSPS) is 11.2. The molecule has 0 atom stereocenters. The number of aliphatic hydroxyl groups excluding tert-OH is 1. The van der Waals surface area contributed by atoms with E-state index in [1.165, 1.54) is 11.5 Å². The Bertz CT molecular complexity index is 2500. The molecular weight excluding hydrogens is 943 g/mol. The summed E-state index contributed by atoms with van der Waals surface area (Å²) in [5.74, 6) is 1.91. The molecule has 0 saturated heterocycles. The topological polar surface area (TPSA) is 100 Å². The van der Waals surface area contributed by atoms with Crippen molar-refractivity contribution in [2.24, 2.45) is 0 Å². The van der Waals surface area contributed by atoms with Crippen LogP contribution in [0.1, 0.15) is 95.0 Å². The van der Waals surface area contributed by atoms with E-state index in [9.17, 15) is 9.90 Å². The van der Waals surface area contributed by atoms with Gasteiger partial charge in [0.05, 0.1) is 32.0 Å². The molecule has 321 valence electrons. The number of furan rings is 1. The Morgan fingerprint density at radius 3 is 1.80 bits per heavy atom. The van der Waals surface area contributed by atoms with Crippen LogP contribution in [0.2, 0.25) is 0 Å². The Kier molecular flexibility index (Phi) is 18.3. The van der Waals surface area contributed by atoms with Gasteiger partial charge in [-0.1, -0.05) is 107 Å². The smallest absolute Gasteiger partial charge is 0.189 e. The summed E-state index contributed by atoms with van der Waals surface area (Å²) in [6.07, 6.45) is 10.9. The fraction of sp³-hybridized carbons (Fsp3) is 0.308. The van der Waals surface area contributed by atoms with Crippen molar-refractivity contribution in [3.63, 3.8) is 0 Å². The molecular formula is C52H56IrNO7-. The molecule has 7 rings (SSSR count). The van der Waals surface area contributed by atoms with Gasteiger partial charge in [-0.15, -0.1) is 18.2 Å². The molecule has 7 aromatic rings. The molecule has 0 spiro atoms. The van der Waals surface area contributed by atoms with Crippen LogP contribution >= 0.6 is 0 Å². The Morgan fingerprint density at radius 2 is 1.18 bits per heavy atom. The van der Waals surface area contributed by atoms with Crippen LogP contribution in [-0.4, -0.2) is 42.3 Å². The summed E-state index contributed by atoms with van der Waals surface area (Å²) in [4.78, 5) is 17.6. The van der Waals surface area contributed by atoms with Gasteiger partial charge in [0.25, 0.3) is 0 Å². The second-order valence-corrected chi connectivity index (χ2v) is 14.6. The summed E-state index contributed by atoms with van der Waals surface area (Å²) < 4.78 is 29.7. The van der Waals surface area contributed by atoms with Gasteiger partial charge in [-0.2, -0.15) is 0 Å². The van der Waals surface area contributed by atoms with Crippen molar-refractivity contribution in [2.75, 3.05) is 26.4 Å². The number of rotatable bonds is 20. The number of fused-ring (bicyclic) bond motifs is 4. The first-order chi connectivity index (χ1) is 29.4. The average Bonchev–Trinajstić information content (AvgIpc) is 3.67. The number of allylic oxidation sites excluding steroid dienone is 1. The largest absolute Gasteiger partial charge is 0.507 e. The third kappa shape index (κ3) is 12.2. The fourth-order valence-electron chi connectivity index (χ4n) is 6.57. The van der Waals surface area contributed by atoms with Gasteiger partial charge < -0.3 is 33.5 Å². The van der Waals surface area contributed by atoms with Crippen LogP contribution in [0.5, 0.6) is 23.0 Å². The molecule has 0 aliphatic rings. The first-order valence-electron chi connectivity index (χ1n) is 21.4. The average molecular weight is 999 g/mol. The first-order valence-corrected chi connectivity index (χ1v) is 21.4. The maximum Gasteiger partial charge on any atom is 0.189 e. The third-order valence-electron chi connectivity index (χ3n) is 10.0. The van der Waals surface area contributed by atoms with E-state index in [0.29, 0.717) is 60.6 Å². The third-order valence-corrected chi connectivity index (χ3v) is 10.0. The van der Waals surface area contributed by atoms with Crippen molar-refractivity contribution in [1.29, 1.82) is 0 Å². The van der Waals surface area contributed by atoms with Crippen molar-refractivity contribution >= 4 is 44.3 Å². The van der Waals surface area contributed by atoms with Crippen LogP contribution < -0.4 is 18.9 Å². The quantitative estimate of drug-likeness (QED) is 0.0265. The van der Waals surface area contributed by atoms with Crippen molar-refractivity contribution in [1.82, 2.24) is 4.98 Å². The zero-order valence-electron chi connectivity index (χ0n) is 35.6. The number of pyridine rings is 1. The van der Waals surface area contributed by atoms with Crippen molar-refractivity contribution in [3.05, 3.63) is 133 Å². The predicted octanol–water partition coefficient (Wildman–Crippen LogP) is 13.8. The number of hydrogen-bond donors (Lipinski definition) is 1. The van der Waals surface area contributed by atoms with Crippen molar-refractivity contribution in [2.45, 2.75) is 79.1 Å². The summed E-state index contributed by atoms with van der Waals surface area (Å²) in [6.45, 7) is 10.7.